The zero-order chi connectivity index (χ0) is 15.3. The van der Waals surface area contributed by atoms with Crippen LogP contribution >= 0.6 is 0 Å². The Labute approximate surface area is 130 Å². The Morgan fingerprint density at radius 2 is 1.76 bits per heavy atom. The van der Waals surface area contributed by atoms with Gasteiger partial charge in [0.25, 0.3) is 0 Å². The Balaban J connectivity index is 1.87. The third kappa shape index (κ3) is 4.21. The van der Waals surface area contributed by atoms with Crippen molar-refractivity contribution >= 4 is 5.91 Å². The second-order valence-corrected chi connectivity index (χ2v) is 7.36. The number of carbonyl (C=O) groups is 1. The van der Waals surface area contributed by atoms with Crippen LogP contribution in [0.4, 0.5) is 0 Å². The number of hydrogen-bond acceptors (Lipinski definition) is 2. The van der Waals surface area contributed by atoms with Crippen molar-refractivity contribution in [2.45, 2.75) is 89.1 Å². The molecule has 0 aromatic heterocycles. The molecule has 21 heavy (non-hydrogen) atoms. The van der Waals surface area contributed by atoms with Gasteiger partial charge in [0.05, 0.1) is 0 Å². The lowest BCUT2D eigenvalue weighted by Gasteiger charge is -2.40. The largest absolute Gasteiger partial charge is 0.343 e. The van der Waals surface area contributed by atoms with Crippen molar-refractivity contribution in [1.29, 1.82) is 0 Å². The van der Waals surface area contributed by atoms with Crippen LogP contribution in [0.1, 0.15) is 77.6 Å². The molecule has 2 aliphatic carbocycles. The molecule has 3 nitrogen and oxygen atoms in total. The predicted molar refractivity (Wildman–Crippen MR) is 88.3 cm³/mol. The summed E-state index contributed by atoms with van der Waals surface area (Å²) in [7, 11) is 4.07. The maximum Gasteiger partial charge on any atom is 0.224 e. The van der Waals surface area contributed by atoms with Gasteiger partial charge in [0.1, 0.15) is 0 Å². The lowest BCUT2D eigenvalue weighted by molar-refractivity contribution is -0.134. The van der Waals surface area contributed by atoms with E-state index in [9.17, 15) is 4.79 Å². The highest BCUT2D eigenvalue weighted by Crippen LogP contribution is 2.33. The Morgan fingerprint density at radius 1 is 1.14 bits per heavy atom. The van der Waals surface area contributed by atoms with Crippen LogP contribution in [0.2, 0.25) is 0 Å². The van der Waals surface area contributed by atoms with Crippen LogP contribution in [0.15, 0.2) is 0 Å². The van der Waals surface area contributed by atoms with E-state index in [1.54, 1.807) is 0 Å². The van der Waals surface area contributed by atoms with E-state index in [-0.39, 0.29) is 5.54 Å². The summed E-state index contributed by atoms with van der Waals surface area (Å²) in [5, 5.41) is 3.47. The molecule has 0 aromatic carbocycles. The van der Waals surface area contributed by atoms with E-state index in [0.29, 0.717) is 18.4 Å². The predicted octanol–water partition coefficient (Wildman–Crippen LogP) is 3.73. The molecule has 2 rings (SSSR count). The molecule has 1 N–H and O–H groups in total. The third-order valence-electron chi connectivity index (χ3n) is 6.17. The first-order valence-corrected chi connectivity index (χ1v) is 9.05. The Bertz CT molecular complexity index is 328. The fourth-order valence-corrected chi connectivity index (χ4v) is 4.30. The minimum absolute atomic E-state index is 0.0736. The summed E-state index contributed by atoms with van der Waals surface area (Å²) in [5.74, 6) is 1.25. The highest BCUT2D eigenvalue weighted by Gasteiger charge is 2.35. The molecule has 2 saturated carbocycles. The molecule has 0 aromatic rings. The summed E-state index contributed by atoms with van der Waals surface area (Å²) in [6, 6.07) is 0.484. The summed E-state index contributed by atoms with van der Waals surface area (Å²) in [5.41, 5.74) is 0.0736. The summed E-state index contributed by atoms with van der Waals surface area (Å²) >= 11 is 0. The number of nitrogens with zero attached hydrogens (tertiary/aromatic N) is 1. The van der Waals surface area contributed by atoms with Gasteiger partial charge in [0, 0.05) is 25.0 Å². The van der Waals surface area contributed by atoms with E-state index in [1.807, 2.05) is 14.1 Å². The molecule has 0 heterocycles. The van der Waals surface area contributed by atoms with Gasteiger partial charge in [-0.05, 0) is 51.5 Å². The number of nitrogens with one attached hydrogen (secondary N) is 1. The highest BCUT2D eigenvalue weighted by atomic mass is 16.2. The van der Waals surface area contributed by atoms with Gasteiger partial charge in [-0.3, -0.25) is 4.79 Å². The number of carbonyl (C=O) groups excluding carboxylic acids is 1. The Kier molecular flexibility index (Phi) is 6.09. The maximum atomic E-state index is 12.7. The van der Waals surface area contributed by atoms with E-state index in [0.717, 1.165) is 18.8 Å². The standard InChI is InChI=1S/C18H34N2O/c1-4-15-8-10-16(11-9-15)20(3)17(21)14-18(19-2)12-6-5-7-13-18/h15-16,19H,4-14H2,1-3H3. The van der Waals surface area contributed by atoms with E-state index in [2.05, 4.69) is 17.1 Å². The second kappa shape index (κ2) is 7.62. The highest BCUT2D eigenvalue weighted by molar-refractivity contribution is 5.77. The van der Waals surface area contributed by atoms with E-state index in [1.165, 1.54) is 51.4 Å². The normalized spacial score (nSPS) is 29.1. The van der Waals surface area contributed by atoms with Gasteiger partial charge in [-0.25, -0.2) is 0 Å². The molecule has 2 aliphatic rings. The van der Waals surface area contributed by atoms with Gasteiger partial charge in [-0.1, -0.05) is 32.6 Å². The van der Waals surface area contributed by atoms with Crippen molar-refractivity contribution in [2.75, 3.05) is 14.1 Å². The average molecular weight is 294 g/mol. The fraction of sp³-hybridized carbons (Fsp3) is 0.944. The first-order chi connectivity index (χ1) is 10.1. The minimum Gasteiger partial charge on any atom is -0.343 e. The second-order valence-electron chi connectivity index (χ2n) is 7.36. The van der Waals surface area contributed by atoms with Crippen molar-refractivity contribution in [3.05, 3.63) is 0 Å². The SMILES string of the molecule is CCC1CCC(N(C)C(=O)CC2(NC)CCCCC2)CC1. The molecule has 0 atom stereocenters. The zero-order valence-electron chi connectivity index (χ0n) is 14.3. The Hall–Kier alpha value is -0.570. The molecule has 1 amide bonds. The van der Waals surface area contributed by atoms with Gasteiger partial charge in [-0.2, -0.15) is 0 Å². The molecule has 0 unspecified atom stereocenters. The maximum absolute atomic E-state index is 12.7. The van der Waals surface area contributed by atoms with Crippen molar-refractivity contribution in [3.63, 3.8) is 0 Å². The van der Waals surface area contributed by atoms with Gasteiger partial charge in [0.2, 0.25) is 5.91 Å². The molecular formula is C18H34N2O. The summed E-state index contributed by atoms with van der Waals surface area (Å²) in [4.78, 5) is 14.8. The van der Waals surface area contributed by atoms with Crippen LogP contribution < -0.4 is 5.32 Å². The number of amides is 1. The van der Waals surface area contributed by atoms with Crippen molar-refractivity contribution < 1.29 is 4.79 Å². The van der Waals surface area contributed by atoms with E-state index >= 15 is 0 Å². The Morgan fingerprint density at radius 3 is 2.29 bits per heavy atom. The van der Waals surface area contributed by atoms with Gasteiger partial charge >= 0.3 is 0 Å². The van der Waals surface area contributed by atoms with Crippen LogP contribution in [0.25, 0.3) is 0 Å². The van der Waals surface area contributed by atoms with Crippen LogP contribution in [0, 0.1) is 5.92 Å². The molecule has 0 saturated heterocycles. The van der Waals surface area contributed by atoms with Gasteiger partial charge in [0.15, 0.2) is 0 Å². The lowest BCUT2D eigenvalue weighted by atomic mass is 9.78. The summed E-state index contributed by atoms with van der Waals surface area (Å²) in [6.07, 6.45) is 13.2. The number of hydrogen-bond donors (Lipinski definition) is 1. The summed E-state index contributed by atoms with van der Waals surface area (Å²) in [6.45, 7) is 2.29. The molecule has 0 spiro atoms. The van der Waals surface area contributed by atoms with Gasteiger partial charge in [-0.15, -0.1) is 0 Å². The minimum atomic E-state index is 0.0736. The molecule has 2 fully saturated rings. The van der Waals surface area contributed by atoms with Crippen molar-refractivity contribution in [3.8, 4) is 0 Å². The zero-order valence-corrected chi connectivity index (χ0v) is 14.3. The van der Waals surface area contributed by atoms with Crippen LogP contribution in [-0.2, 0) is 4.79 Å². The molecule has 0 aliphatic heterocycles. The van der Waals surface area contributed by atoms with Crippen molar-refractivity contribution in [2.24, 2.45) is 5.92 Å². The molecule has 122 valence electrons. The smallest absolute Gasteiger partial charge is 0.224 e. The summed E-state index contributed by atoms with van der Waals surface area (Å²) < 4.78 is 0. The van der Waals surface area contributed by atoms with Crippen LogP contribution in [-0.4, -0.2) is 36.5 Å². The molecule has 0 bridgehead atoms. The quantitative estimate of drug-likeness (QED) is 0.838. The third-order valence-corrected chi connectivity index (χ3v) is 6.17. The van der Waals surface area contributed by atoms with E-state index < -0.39 is 0 Å². The molecule has 0 radical (unpaired) electrons. The fourth-order valence-electron chi connectivity index (χ4n) is 4.30. The monoisotopic (exact) mass is 294 g/mol. The topological polar surface area (TPSA) is 32.3 Å². The first kappa shape index (κ1) is 16.8. The molecule has 3 heteroatoms. The van der Waals surface area contributed by atoms with Crippen LogP contribution in [0.3, 0.4) is 0 Å². The first-order valence-electron chi connectivity index (χ1n) is 9.05. The van der Waals surface area contributed by atoms with Crippen LogP contribution in [0.5, 0.6) is 0 Å². The van der Waals surface area contributed by atoms with Gasteiger partial charge < -0.3 is 10.2 Å². The lowest BCUT2D eigenvalue weighted by Crippen LogP contribution is -2.50. The van der Waals surface area contributed by atoms with Crippen molar-refractivity contribution in [1.82, 2.24) is 10.2 Å². The van der Waals surface area contributed by atoms with E-state index in [4.69, 9.17) is 0 Å². The number of rotatable bonds is 5. The average Bonchev–Trinajstić information content (AvgIpc) is 2.55. The molecular weight excluding hydrogens is 260 g/mol.